The molecule has 2 nitrogen and oxygen atoms in total. The Balaban J connectivity index is 2.45. The molecule has 1 rings (SSSR count). The van der Waals surface area contributed by atoms with Gasteiger partial charge in [-0.3, -0.25) is 4.90 Å². The van der Waals surface area contributed by atoms with Gasteiger partial charge in [0.1, 0.15) is 0 Å². The van der Waals surface area contributed by atoms with Crippen molar-refractivity contribution in [2.45, 2.75) is 58.5 Å². The minimum Gasteiger partial charge on any atom is -0.312 e. The van der Waals surface area contributed by atoms with Gasteiger partial charge in [0.05, 0.1) is 0 Å². The van der Waals surface area contributed by atoms with Crippen LogP contribution in [0.5, 0.6) is 0 Å². The summed E-state index contributed by atoms with van der Waals surface area (Å²) in [6, 6.07) is 0. The van der Waals surface area contributed by atoms with Gasteiger partial charge in [0.15, 0.2) is 0 Å². The molecule has 0 saturated carbocycles. The molecule has 1 aliphatic heterocycles. The fraction of sp³-hybridized carbons (Fsp3) is 1.00. The van der Waals surface area contributed by atoms with Gasteiger partial charge in [-0.25, -0.2) is 0 Å². The van der Waals surface area contributed by atoms with Crippen molar-refractivity contribution in [2.24, 2.45) is 0 Å². The topological polar surface area (TPSA) is 15.3 Å². The Labute approximate surface area is 89.1 Å². The zero-order chi connectivity index (χ0) is 10.8. The second-order valence-corrected chi connectivity index (χ2v) is 5.75. The normalized spacial score (nSPS) is 23.8. The molecule has 0 aromatic heterocycles. The van der Waals surface area contributed by atoms with Crippen LogP contribution in [0.3, 0.4) is 0 Å². The molecule has 1 fully saturated rings. The maximum absolute atomic E-state index is 3.61. The summed E-state index contributed by atoms with van der Waals surface area (Å²) in [5.74, 6) is 0. The first-order valence-corrected chi connectivity index (χ1v) is 5.87. The molecule has 1 saturated heterocycles. The standard InChI is InChI=1S/C12H26N2/c1-6-13-12(5)7-9-14(10-8-12)11(2,3)4/h13H,6-10H2,1-5H3. The molecule has 0 amide bonds. The van der Waals surface area contributed by atoms with Crippen LogP contribution in [0.2, 0.25) is 0 Å². The number of hydrogen-bond donors (Lipinski definition) is 1. The molecule has 1 heterocycles. The van der Waals surface area contributed by atoms with Crippen molar-refractivity contribution in [3.8, 4) is 0 Å². The quantitative estimate of drug-likeness (QED) is 0.732. The zero-order valence-corrected chi connectivity index (χ0v) is 10.5. The van der Waals surface area contributed by atoms with E-state index >= 15 is 0 Å². The highest BCUT2D eigenvalue weighted by atomic mass is 15.2. The molecule has 14 heavy (non-hydrogen) atoms. The highest BCUT2D eigenvalue weighted by Gasteiger charge is 2.32. The molecule has 0 unspecified atom stereocenters. The molecule has 0 aromatic rings. The number of nitrogens with one attached hydrogen (secondary N) is 1. The smallest absolute Gasteiger partial charge is 0.0177 e. The minimum absolute atomic E-state index is 0.341. The van der Waals surface area contributed by atoms with E-state index in [9.17, 15) is 0 Å². The van der Waals surface area contributed by atoms with E-state index in [2.05, 4.69) is 44.8 Å². The third-order valence-corrected chi connectivity index (χ3v) is 3.42. The molecule has 0 radical (unpaired) electrons. The van der Waals surface area contributed by atoms with Crippen molar-refractivity contribution in [1.29, 1.82) is 0 Å². The fourth-order valence-electron chi connectivity index (χ4n) is 2.27. The Kier molecular flexibility index (Phi) is 3.59. The van der Waals surface area contributed by atoms with E-state index in [1.165, 1.54) is 25.9 Å². The lowest BCUT2D eigenvalue weighted by molar-refractivity contribution is 0.0701. The predicted molar refractivity (Wildman–Crippen MR) is 62.6 cm³/mol. The molecular formula is C12H26N2. The van der Waals surface area contributed by atoms with Crippen molar-refractivity contribution < 1.29 is 0 Å². The average Bonchev–Trinajstić information content (AvgIpc) is 2.03. The fourth-order valence-corrected chi connectivity index (χ4v) is 2.27. The average molecular weight is 198 g/mol. The van der Waals surface area contributed by atoms with Crippen molar-refractivity contribution in [1.82, 2.24) is 10.2 Å². The lowest BCUT2D eigenvalue weighted by atomic mass is 9.87. The minimum atomic E-state index is 0.341. The van der Waals surface area contributed by atoms with Crippen LogP contribution in [0.25, 0.3) is 0 Å². The number of hydrogen-bond acceptors (Lipinski definition) is 2. The maximum atomic E-state index is 3.61. The molecular weight excluding hydrogens is 172 g/mol. The first-order chi connectivity index (χ1) is 6.37. The second kappa shape index (κ2) is 4.19. The first kappa shape index (κ1) is 12.0. The van der Waals surface area contributed by atoms with Gasteiger partial charge in [0.25, 0.3) is 0 Å². The second-order valence-electron chi connectivity index (χ2n) is 5.75. The van der Waals surface area contributed by atoms with Crippen LogP contribution in [-0.2, 0) is 0 Å². The van der Waals surface area contributed by atoms with Gasteiger partial charge in [-0.2, -0.15) is 0 Å². The lowest BCUT2D eigenvalue weighted by Crippen LogP contribution is -2.55. The number of rotatable bonds is 2. The summed E-state index contributed by atoms with van der Waals surface area (Å²) >= 11 is 0. The Morgan fingerprint density at radius 1 is 1.21 bits per heavy atom. The summed E-state index contributed by atoms with van der Waals surface area (Å²) in [7, 11) is 0. The van der Waals surface area contributed by atoms with Crippen molar-refractivity contribution in [3.05, 3.63) is 0 Å². The molecule has 2 heteroatoms. The zero-order valence-electron chi connectivity index (χ0n) is 10.5. The molecule has 0 aromatic carbocycles. The monoisotopic (exact) mass is 198 g/mol. The van der Waals surface area contributed by atoms with Crippen LogP contribution >= 0.6 is 0 Å². The summed E-state index contributed by atoms with van der Waals surface area (Å²) in [6.45, 7) is 15.0. The predicted octanol–water partition coefficient (Wildman–Crippen LogP) is 2.25. The van der Waals surface area contributed by atoms with E-state index in [1.807, 2.05) is 0 Å². The van der Waals surface area contributed by atoms with E-state index in [0.29, 0.717) is 11.1 Å². The van der Waals surface area contributed by atoms with Crippen LogP contribution in [0, 0.1) is 0 Å². The number of piperidine rings is 1. The third-order valence-electron chi connectivity index (χ3n) is 3.42. The van der Waals surface area contributed by atoms with E-state index in [1.54, 1.807) is 0 Å². The van der Waals surface area contributed by atoms with Gasteiger partial charge in [0, 0.05) is 24.2 Å². The van der Waals surface area contributed by atoms with Crippen molar-refractivity contribution >= 4 is 0 Å². The third kappa shape index (κ3) is 2.96. The summed E-state index contributed by atoms with van der Waals surface area (Å²) in [5, 5.41) is 3.61. The van der Waals surface area contributed by atoms with Crippen LogP contribution in [0.1, 0.15) is 47.5 Å². The van der Waals surface area contributed by atoms with Gasteiger partial charge in [0.2, 0.25) is 0 Å². The largest absolute Gasteiger partial charge is 0.312 e. The van der Waals surface area contributed by atoms with Gasteiger partial charge in [-0.15, -0.1) is 0 Å². The van der Waals surface area contributed by atoms with Crippen LogP contribution in [-0.4, -0.2) is 35.6 Å². The van der Waals surface area contributed by atoms with E-state index in [4.69, 9.17) is 0 Å². The molecule has 0 spiro atoms. The maximum Gasteiger partial charge on any atom is 0.0177 e. The first-order valence-electron chi connectivity index (χ1n) is 5.87. The van der Waals surface area contributed by atoms with Crippen LogP contribution < -0.4 is 5.32 Å². The number of likely N-dealkylation sites (tertiary alicyclic amines) is 1. The highest BCUT2D eigenvalue weighted by Crippen LogP contribution is 2.26. The molecule has 1 N–H and O–H groups in total. The van der Waals surface area contributed by atoms with Gasteiger partial charge in [-0.05, 0) is 47.1 Å². The summed E-state index contributed by atoms with van der Waals surface area (Å²) < 4.78 is 0. The van der Waals surface area contributed by atoms with Gasteiger partial charge >= 0.3 is 0 Å². The molecule has 0 aliphatic carbocycles. The summed E-state index contributed by atoms with van der Waals surface area (Å²) in [4.78, 5) is 2.59. The van der Waals surface area contributed by atoms with Crippen molar-refractivity contribution in [3.63, 3.8) is 0 Å². The van der Waals surface area contributed by atoms with E-state index < -0.39 is 0 Å². The van der Waals surface area contributed by atoms with Gasteiger partial charge in [-0.1, -0.05) is 6.92 Å². The van der Waals surface area contributed by atoms with E-state index in [-0.39, 0.29) is 0 Å². The molecule has 0 atom stereocenters. The molecule has 0 bridgehead atoms. The SMILES string of the molecule is CCNC1(C)CCN(C(C)(C)C)CC1. The molecule has 1 aliphatic rings. The summed E-state index contributed by atoms with van der Waals surface area (Å²) in [6.07, 6.45) is 2.55. The van der Waals surface area contributed by atoms with Crippen molar-refractivity contribution in [2.75, 3.05) is 19.6 Å². The van der Waals surface area contributed by atoms with Gasteiger partial charge < -0.3 is 5.32 Å². The van der Waals surface area contributed by atoms with E-state index in [0.717, 1.165) is 6.54 Å². The number of nitrogens with zero attached hydrogens (tertiary/aromatic N) is 1. The molecule has 84 valence electrons. The van der Waals surface area contributed by atoms with Crippen LogP contribution in [0.4, 0.5) is 0 Å². The Morgan fingerprint density at radius 3 is 2.07 bits per heavy atom. The lowest BCUT2D eigenvalue weighted by Gasteiger charge is -2.45. The summed E-state index contributed by atoms with van der Waals surface area (Å²) in [5.41, 5.74) is 0.726. The Bertz CT molecular complexity index is 173. The Hall–Kier alpha value is -0.0800. The highest BCUT2D eigenvalue weighted by molar-refractivity contribution is 4.92. The van der Waals surface area contributed by atoms with Crippen LogP contribution in [0.15, 0.2) is 0 Å². The Morgan fingerprint density at radius 2 is 1.71 bits per heavy atom.